The quantitative estimate of drug-likeness (QED) is 0.873. The molecule has 2 rings (SSSR count). The van der Waals surface area contributed by atoms with Crippen LogP contribution in [0.5, 0.6) is 0 Å². The van der Waals surface area contributed by atoms with E-state index in [2.05, 4.69) is 35.4 Å². The van der Waals surface area contributed by atoms with Crippen LogP contribution in [0.15, 0.2) is 12.5 Å². The molecule has 1 aromatic heterocycles. The maximum atomic E-state index is 4.51. The van der Waals surface area contributed by atoms with Crippen LogP contribution < -0.4 is 5.32 Å². The van der Waals surface area contributed by atoms with Crippen molar-refractivity contribution in [3.8, 4) is 0 Å². The number of likely N-dealkylation sites (N-methyl/N-ethyl adjacent to an activating group) is 2. The summed E-state index contributed by atoms with van der Waals surface area (Å²) in [6, 6.07) is 0.891. The SMILES string of the molecule is CCNC(c1cn(C)cn1)C1CSCCN1C. The highest BCUT2D eigenvalue weighted by Gasteiger charge is 2.29. The van der Waals surface area contributed by atoms with Crippen molar-refractivity contribution in [3.05, 3.63) is 18.2 Å². The summed E-state index contributed by atoms with van der Waals surface area (Å²) in [6.45, 7) is 4.31. The minimum Gasteiger partial charge on any atom is -0.340 e. The van der Waals surface area contributed by atoms with Crippen molar-refractivity contribution in [2.45, 2.75) is 19.0 Å². The van der Waals surface area contributed by atoms with Crippen LogP contribution in [0.4, 0.5) is 0 Å². The lowest BCUT2D eigenvalue weighted by molar-refractivity contribution is 0.215. The van der Waals surface area contributed by atoms with E-state index in [1.165, 1.54) is 18.1 Å². The molecule has 2 heterocycles. The number of hydrogen-bond acceptors (Lipinski definition) is 4. The third kappa shape index (κ3) is 3.03. The number of nitrogens with zero attached hydrogens (tertiary/aromatic N) is 3. The zero-order valence-corrected chi connectivity index (χ0v) is 11.7. The van der Waals surface area contributed by atoms with Crippen LogP contribution >= 0.6 is 11.8 Å². The lowest BCUT2D eigenvalue weighted by Crippen LogP contribution is -2.47. The molecule has 0 saturated carbocycles. The van der Waals surface area contributed by atoms with Crippen LogP contribution in [0.3, 0.4) is 0 Å². The van der Waals surface area contributed by atoms with Gasteiger partial charge in [-0.1, -0.05) is 6.92 Å². The van der Waals surface area contributed by atoms with Gasteiger partial charge in [-0.05, 0) is 13.6 Å². The molecular weight excluding hydrogens is 232 g/mol. The van der Waals surface area contributed by atoms with Crippen molar-refractivity contribution in [3.63, 3.8) is 0 Å². The lowest BCUT2D eigenvalue weighted by Gasteiger charge is -2.37. The summed E-state index contributed by atoms with van der Waals surface area (Å²) in [5.41, 5.74) is 1.16. The maximum absolute atomic E-state index is 4.51. The molecule has 0 bridgehead atoms. The van der Waals surface area contributed by atoms with Gasteiger partial charge in [0.2, 0.25) is 0 Å². The highest BCUT2D eigenvalue weighted by Crippen LogP contribution is 2.25. The first-order chi connectivity index (χ1) is 8.22. The van der Waals surface area contributed by atoms with Crippen molar-refractivity contribution >= 4 is 11.8 Å². The number of aryl methyl sites for hydroxylation is 1. The number of thioether (sulfide) groups is 1. The summed E-state index contributed by atoms with van der Waals surface area (Å²) in [4.78, 5) is 6.97. The summed E-state index contributed by atoms with van der Waals surface area (Å²) in [5, 5.41) is 3.58. The first-order valence-corrected chi connectivity index (χ1v) is 7.37. The molecular formula is C12H22N4S. The van der Waals surface area contributed by atoms with Crippen molar-refractivity contribution in [2.75, 3.05) is 31.6 Å². The van der Waals surface area contributed by atoms with Gasteiger partial charge in [0.25, 0.3) is 0 Å². The molecule has 96 valence electrons. The fourth-order valence-corrected chi connectivity index (χ4v) is 3.58. The summed E-state index contributed by atoms with van der Waals surface area (Å²) in [5.74, 6) is 2.43. The Morgan fingerprint density at radius 1 is 1.59 bits per heavy atom. The van der Waals surface area contributed by atoms with Gasteiger partial charge < -0.3 is 9.88 Å². The number of rotatable bonds is 4. The van der Waals surface area contributed by atoms with Crippen LogP contribution in [0.25, 0.3) is 0 Å². The van der Waals surface area contributed by atoms with Crippen molar-refractivity contribution in [1.82, 2.24) is 19.8 Å². The molecule has 0 radical (unpaired) electrons. The molecule has 0 aliphatic carbocycles. The molecule has 2 atom stereocenters. The Hall–Kier alpha value is -0.520. The van der Waals surface area contributed by atoms with Crippen molar-refractivity contribution < 1.29 is 0 Å². The van der Waals surface area contributed by atoms with Crippen LogP contribution in [-0.4, -0.2) is 52.1 Å². The van der Waals surface area contributed by atoms with E-state index in [4.69, 9.17) is 0 Å². The van der Waals surface area contributed by atoms with E-state index in [-0.39, 0.29) is 0 Å². The molecule has 0 aromatic carbocycles. The molecule has 5 heteroatoms. The summed E-state index contributed by atoms with van der Waals surface area (Å²) < 4.78 is 2.02. The number of nitrogens with one attached hydrogen (secondary N) is 1. The van der Waals surface area contributed by atoms with E-state index in [1.54, 1.807) is 0 Å². The van der Waals surface area contributed by atoms with E-state index < -0.39 is 0 Å². The molecule has 0 amide bonds. The topological polar surface area (TPSA) is 33.1 Å². The molecule has 4 nitrogen and oxygen atoms in total. The first-order valence-electron chi connectivity index (χ1n) is 6.21. The van der Waals surface area contributed by atoms with E-state index in [0.717, 1.165) is 12.2 Å². The van der Waals surface area contributed by atoms with Gasteiger partial charge in [0.15, 0.2) is 0 Å². The Kier molecular flexibility index (Phi) is 4.48. The van der Waals surface area contributed by atoms with Gasteiger partial charge >= 0.3 is 0 Å². The molecule has 2 unspecified atom stereocenters. The number of hydrogen-bond donors (Lipinski definition) is 1. The summed E-state index contributed by atoms with van der Waals surface area (Å²) in [7, 11) is 4.25. The van der Waals surface area contributed by atoms with Gasteiger partial charge in [-0.3, -0.25) is 4.90 Å². The third-order valence-corrected chi connectivity index (χ3v) is 4.34. The number of aromatic nitrogens is 2. The zero-order chi connectivity index (χ0) is 12.3. The fraction of sp³-hybridized carbons (Fsp3) is 0.750. The van der Waals surface area contributed by atoms with E-state index in [0.29, 0.717) is 12.1 Å². The van der Waals surface area contributed by atoms with Gasteiger partial charge in [-0.15, -0.1) is 0 Å². The molecule has 0 spiro atoms. The third-order valence-electron chi connectivity index (χ3n) is 3.30. The average molecular weight is 254 g/mol. The van der Waals surface area contributed by atoms with Crippen LogP contribution in [0.1, 0.15) is 18.7 Å². The van der Waals surface area contributed by atoms with Gasteiger partial charge in [-0.25, -0.2) is 4.98 Å². The molecule has 1 saturated heterocycles. The minimum absolute atomic E-state index is 0.346. The Balaban J connectivity index is 2.15. The van der Waals surface area contributed by atoms with Gasteiger partial charge in [0.05, 0.1) is 18.1 Å². The zero-order valence-electron chi connectivity index (χ0n) is 10.9. The highest BCUT2D eigenvalue weighted by atomic mass is 32.2. The standard InChI is InChI=1S/C12H22N4S/c1-4-13-12(10-7-15(2)9-14-10)11-8-17-6-5-16(11)3/h7,9,11-13H,4-6,8H2,1-3H3. The predicted octanol–water partition coefficient (Wildman–Crippen LogP) is 1.12. The molecule has 1 aromatic rings. The second-order valence-corrected chi connectivity index (χ2v) is 5.77. The first kappa shape index (κ1) is 12.9. The van der Waals surface area contributed by atoms with Crippen LogP contribution in [0, 0.1) is 0 Å². The molecule has 1 aliphatic heterocycles. The maximum Gasteiger partial charge on any atom is 0.0947 e. The van der Waals surface area contributed by atoms with Crippen molar-refractivity contribution in [1.29, 1.82) is 0 Å². The van der Waals surface area contributed by atoms with Crippen molar-refractivity contribution in [2.24, 2.45) is 7.05 Å². The molecule has 1 fully saturated rings. The Bertz CT molecular complexity index is 352. The second-order valence-electron chi connectivity index (χ2n) is 4.62. The van der Waals surface area contributed by atoms with Gasteiger partial charge in [0, 0.05) is 37.3 Å². The van der Waals surface area contributed by atoms with Gasteiger partial charge in [-0.2, -0.15) is 11.8 Å². The molecule has 1 N–H and O–H groups in total. The normalized spacial score (nSPS) is 23.8. The van der Waals surface area contributed by atoms with Crippen LogP contribution in [-0.2, 0) is 7.05 Å². The summed E-state index contributed by atoms with van der Waals surface area (Å²) >= 11 is 2.05. The fourth-order valence-electron chi connectivity index (χ4n) is 2.31. The van der Waals surface area contributed by atoms with Crippen LogP contribution in [0.2, 0.25) is 0 Å². The monoisotopic (exact) mass is 254 g/mol. The number of imidazole rings is 1. The largest absolute Gasteiger partial charge is 0.340 e. The van der Waals surface area contributed by atoms with E-state index >= 15 is 0 Å². The van der Waals surface area contributed by atoms with Gasteiger partial charge in [0.1, 0.15) is 0 Å². The smallest absolute Gasteiger partial charge is 0.0947 e. The molecule has 17 heavy (non-hydrogen) atoms. The Labute approximate surface area is 108 Å². The van der Waals surface area contributed by atoms with E-state index in [1.807, 2.05) is 29.7 Å². The summed E-state index contributed by atoms with van der Waals surface area (Å²) in [6.07, 6.45) is 4.01. The second kappa shape index (κ2) is 5.89. The Morgan fingerprint density at radius 3 is 3.00 bits per heavy atom. The van der Waals surface area contributed by atoms with E-state index in [9.17, 15) is 0 Å². The minimum atomic E-state index is 0.346. The molecule has 1 aliphatic rings. The Morgan fingerprint density at radius 2 is 2.41 bits per heavy atom. The lowest BCUT2D eigenvalue weighted by atomic mass is 10.1. The predicted molar refractivity (Wildman–Crippen MR) is 73.4 cm³/mol. The average Bonchev–Trinajstić information content (AvgIpc) is 2.74. The highest BCUT2D eigenvalue weighted by molar-refractivity contribution is 7.99.